The monoisotopic (exact) mass is 479 g/mol. The Labute approximate surface area is 196 Å². The molecule has 3 fully saturated rings. The largest absolute Gasteiger partial charge is 0.505 e. The minimum Gasteiger partial charge on any atom is -0.505 e. The van der Waals surface area contributed by atoms with E-state index in [1.54, 1.807) is 0 Å². The number of hydrogen-bond donors (Lipinski definition) is 3. The van der Waals surface area contributed by atoms with Crippen LogP contribution in [0.2, 0.25) is 0 Å². The van der Waals surface area contributed by atoms with Crippen LogP contribution in [0.3, 0.4) is 0 Å². The van der Waals surface area contributed by atoms with Crippen molar-refractivity contribution in [1.29, 1.82) is 0 Å². The maximum atomic E-state index is 14.0. The molecule has 1 saturated carbocycles. The number of hydrogen-bond acceptors (Lipinski definition) is 7. The van der Waals surface area contributed by atoms with Crippen molar-refractivity contribution < 1.29 is 43.6 Å². The molecule has 3 aliphatic rings. The van der Waals surface area contributed by atoms with Crippen molar-refractivity contribution >= 4 is 17.8 Å². The first kappa shape index (κ1) is 24.6. The molecular formula is C24H30FNO8. The average Bonchev–Trinajstić information content (AvgIpc) is 3.25. The molecule has 1 aliphatic carbocycles. The van der Waals surface area contributed by atoms with Gasteiger partial charge in [-0.15, -0.1) is 0 Å². The van der Waals surface area contributed by atoms with E-state index in [-0.39, 0.29) is 44.2 Å². The van der Waals surface area contributed by atoms with Crippen molar-refractivity contribution in [1.82, 2.24) is 4.90 Å². The molecule has 0 spiro atoms. The third-order valence-electron chi connectivity index (χ3n) is 7.44. The van der Waals surface area contributed by atoms with Gasteiger partial charge >= 0.3 is 5.97 Å². The van der Waals surface area contributed by atoms with E-state index < -0.39 is 53.1 Å². The van der Waals surface area contributed by atoms with Crippen LogP contribution in [0.1, 0.15) is 50.2 Å². The lowest BCUT2D eigenvalue weighted by atomic mass is 9.64. The lowest BCUT2D eigenvalue weighted by molar-refractivity contribution is -0.275. The number of ether oxygens (including phenoxy) is 2. The minimum atomic E-state index is -1.72. The van der Waals surface area contributed by atoms with E-state index in [1.807, 2.05) is 0 Å². The first-order chi connectivity index (χ1) is 16.2. The number of phenolic OH excluding ortho intramolecular Hbond substituents is 1. The molecule has 34 heavy (non-hydrogen) atoms. The number of aliphatic hydroxyl groups is 1. The van der Waals surface area contributed by atoms with Gasteiger partial charge in [-0.1, -0.05) is 12.5 Å². The van der Waals surface area contributed by atoms with Crippen molar-refractivity contribution in [2.75, 3.05) is 20.3 Å². The number of benzene rings is 1. The molecule has 0 bridgehead atoms. The van der Waals surface area contributed by atoms with Crippen molar-refractivity contribution in [2.24, 2.45) is 23.7 Å². The molecule has 186 valence electrons. The van der Waals surface area contributed by atoms with Gasteiger partial charge in [0.2, 0.25) is 11.8 Å². The predicted octanol–water partition coefficient (Wildman–Crippen LogP) is 2.21. The Bertz CT molecular complexity index is 970. The number of fused-ring (bicyclic) bond motifs is 3. The number of carbonyl (C=O) groups excluding carboxylic acids is 2. The summed E-state index contributed by atoms with van der Waals surface area (Å²) in [5.41, 5.74) is 0.429. The highest BCUT2D eigenvalue weighted by molar-refractivity contribution is 6.05. The fourth-order valence-corrected chi connectivity index (χ4v) is 5.81. The molecule has 1 aromatic carbocycles. The molecule has 4 rings (SSSR count). The zero-order valence-electron chi connectivity index (χ0n) is 19.0. The van der Waals surface area contributed by atoms with Crippen LogP contribution in [-0.2, 0) is 23.9 Å². The number of carboxylic acid groups (broad SMARTS) is 1. The Kier molecular flexibility index (Phi) is 6.93. The van der Waals surface area contributed by atoms with E-state index in [1.165, 1.54) is 24.1 Å². The summed E-state index contributed by atoms with van der Waals surface area (Å²) >= 11 is 0. The fourth-order valence-electron chi connectivity index (χ4n) is 5.81. The lowest BCUT2D eigenvalue weighted by Crippen LogP contribution is -2.54. The van der Waals surface area contributed by atoms with E-state index in [9.17, 15) is 29.0 Å². The van der Waals surface area contributed by atoms with Crippen molar-refractivity contribution in [3.8, 4) is 5.75 Å². The summed E-state index contributed by atoms with van der Waals surface area (Å²) in [5, 5.41) is 29.9. The van der Waals surface area contributed by atoms with Gasteiger partial charge in [0.05, 0.1) is 24.5 Å². The zero-order chi connectivity index (χ0) is 24.6. The van der Waals surface area contributed by atoms with Gasteiger partial charge in [-0.25, -0.2) is 4.39 Å². The minimum absolute atomic E-state index is 0.0392. The standard InChI is InChI=1S/C24H30FNO8/c1-33-12-14-10-15-21(23(31)26(22(15)30)8-4-2-3-5-20(28)29)16-11-19(34-24(14,16)32)13-6-7-18(27)17(25)9-13/h6-7,9,14-16,19,21,27,32H,2-5,8,10-12H2,1H3,(H,28,29)/t14-,15+,16+,19+,21+,24-/m1/s1. The molecule has 2 saturated heterocycles. The SMILES string of the molecule is COC[C@H]1C[C@@H]2C(=O)N(CCCCCC(=O)O)C(=O)[C@@H]2[C@@H]2C[C@@H](c3ccc(O)c(F)c3)O[C@]12O. The summed E-state index contributed by atoms with van der Waals surface area (Å²) in [7, 11) is 1.48. The normalized spacial score (nSPS) is 32.7. The van der Waals surface area contributed by atoms with Gasteiger partial charge in [-0.2, -0.15) is 0 Å². The smallest absolute Gasteiger partial charge is 0.303 e. The quantitative estimate of drug-likeness (QED) is 0.363. The number of likely N-dealkylation sites (tertiary alicyclic amines) is 1. The van der Waals surface area contributed by atoms with E-state index >= 15 is 0 Å². The van der Waals surface area contributed by atoms with Crippen molar-refractivity contribution in [2.45, 2.75) is 50.4 Å². The molecule has 1 aromatic rings. The second-order valence-corrected chi connectivity index (χ2v) is 9.46. The number of aliphatic carboxylic acids is 1. The maximum Gasteiger partial charge on any atom is 0.303 e. The highest BCUT2D eigenvalue weighted by atomic mass is 19.1. The van der Waals surface area contributed by atoms with Crippen molar-refractivity contribution in [3.63, 3.8) is 0 Å². The molecule has 9 nitrogen and oxygen atoms in total. The number of methoxy groups -OCH3 is 1. The molecule has 10 heteroatoms. The highest BCUT2D eigenvalue weighted by Gasteiger charge is 2.66. The third-order valence-corrected chi connectivity index (χ3v) is 7.44. The molecule has 0 aromatic heterocycles. The summed E-state index contributed by atoms with van der Waals surface area (Å²) in [6, 6.07) is 3.87. The number of halogens is 1. The maximum absolute atomic E-state index is 14.0. The summed E-state index contributed by atoms with van der Waals surface area (Å²) in [6.07, 6.45) is 1.32. The molecule has 2 amide bonds. The van der Waals surface area contributed by atoms with Crippen LogP contribution in [0.5, 0.6) is 5.75 Å². The number of carboxylic acids is 1. The highest BCUT2D eigenvalue weighted by Crippen LogP contribution is 2.58. The van der Waals surface area contributed by atoms with Crippen LogP contribution >= 0.6 is 0 Å². The number of nitrogens with zero attached hydrogens (tertiary/aromatic N) is 1. The zero-order valence-corrected chi connectivity index (χ0v) is 19.0. The van der Waals surface area contributed by atoms with Gasteiger partial charge in [0.15, 0.2) is 17.4 Å². The predicted molar refractivity (Wildman–Crippen MR) is 115 cm³/mol. The number of unbranched alkanes of at least 4 members (excludes halogenated alkanes) is 2. The summed E-state index contributed by atoms with van der Waals surface area (Å²) in [6.45, 7) is 0.335. The van der Waals surface area contributed by atoms with Gasteiger partial charge in [0.25, 0.3) is 0 Å². The molecule has 3 N–H and O–H groups in total. The molecule has 2 aliphatic heterocycles. The average molecular weight is 480 g/mol. The van der Waals surface area contributed by atoms with Gasteiger partial charge in [-0.3, -0.25) is 19.3 Å². The Morgan fingerprint density at radius 2 is 2.00 bits per heavy atom. The van der Waals surface area contributed by atoms with Gasteiger partial charge in [0, 0.05) is 31.9 Å². The van der Waals surface area contributed by atoms with Gasteiger partial charge in [-0.05, 0) is 43.4 Å². The number of amides is 2. The first-order valence-corrected chi connectivity index (χ1v) is 11.6. The summed E-state index contributed by atoms with van der Waals surface area (Å²) in [5.74, 6) is -7.13. The van der Waals surface area contributed by atoms with Gasteiger partial charge < -0.3 is 24.8 Å². The second kappa shape index (κ2) is 9.59. The Morgan fingerprint density at radius 1 is 1.24 bits per heavy atom. The number of rotatable bonds is 9. The van der Waals surface area contributed by atoms with Crippen LogP contribution in [0.15, 0.2) is 18.2 Å². The fraction of sp³-hybridized carbons (Fsp3) is 0.625. The molecule has 0 unspecified atom stereocenters. The first-order valence-electron chi connectivity index (χ1n) is 11.6. The van der Waals surface area contributed by atoms with E-state index in [2.05, 4.69) is 0 Å². The van der Waals surface area contributed by atoms with Crippen LogP contribution in [0, 0.1) is 29.5 Å². The van der Waals surface area contributed by atoms with Gasteiger partial charge in [0.1, 0.15) is 0 Å². The summed E-state index contributed by atoms with van der Waals surface area (Å²) < 4.78 is 25.3. The van der Waals surface area contributed by atoms with Crippen LogP contribution in [-0.4, -0.2) is 64.1 Å². The Balaban J connectivity index is 1.55. The second-order valence-electron chi connectivity index (χ2n) is 9.46. The third kappa shape index (κ3) is 4.30. The number of phenols is 1. The summed E-state index contributed by atoms with van der Waals surface area (Å²) in [4.78, 5) is 38.4. The van der Waals surface area contributed by atoms with Crippen LogP contribution < -0.4 is 0 Å². The number of imide groups is 1. The molecular weight excluding hydrogens is 449 g/mol. The van der Waals surface area contributed by atoms with Crippen LogP contribution in [0.25, 0.3) is 0 Å². The van der Waals surface area contributed by atoms with Crippen LogP contribution in [0.4, 0.5) is 4.39 Å². The molecule has 2 heterocycles. The topological polar surface area (TPSA) is 134 Å². The number of carbonyl (C=O) groups is 3. The van der Waals surface area contributed by atoms with E-state index in [4.69, 9.17) is 14.6 Å². The Morgan fingerprint density at radius 3 is 2.68 bits per heavy atom. The lowest BCUT2D eigenvalue weighted by Gasteiger charge is -2.44. The molecule has 6 atom stereocenters. The van der Waals surface area contributed by atoms with E-state index in [0.717, 1.165) is 6.07 Å². The molecule has 0 radical (unpaired) electrons. The van der Waals surface area contributed by atoms with E-state index in [0.29, 0.717) is 24.8 Å². The van der Waals surface area contributed by atoms with Crippen molar-refractivity contribution in [3.05, 3.63) is 29.6 Å². The Hall–Kier alpha value is -2.56. The number of aromatic hydroxyl groups is 1.